The highest BCUT2D eigenvalue weighted by atomic mass is 16.6. The first-order chi connectivity index (χ1) is 51.2. The first kappa shape index (κ1) is 72.1. The van der Waals surface area contributed by atoms with Crippen LogP contribution in [0.1, 0.15) is 26.3 Å². The molecule has 11 N–H and O–H groups in total. The number of hydrogen-bond acceptors (Lipinski definition) is 18. The number of ether oxygens (including phenoxy) is 3. The lowest BCUT2D eigenvalue weighted by atomic mass is 10.1. The predicted octanol–water partition coefficient (Wildman–Crippen LogP) is 12.2. The van der Waals surface area contributed by atoms with Gasteiger partial charge in [-0.05, 0) is 139 Å². The van der Waals surface area contributed by atoms with E-state index in [0.717, 1.165) is 72.9 Å². The summed E-state index contributed by atoms with van der Waals surface area (Å²) in [6.07, 6.45) is 2.49. The summed E-state index contributed by atoms with van der Waals surface area (Å²) in [4.78, 5) is 105. The second-order valence-electron chi connectivity index (χ2n) is 23.7. The molecule has 0 saturated carbocycles. The summed E-state index contributed by atoms with van der Waals surface area (Å²) in [5, 5.41) is 9.93. The number of fused-ring (bicyclic) bond motifs is 2. The number of nitrogens with two attached hydrogens (primary N) is 3. The average Bonchev–Trinajstić information content (AvgIpc) is 1.71. The standard InChI is InChI=1S/C29H26N6O3.C28H25N7O2.C24H24N2O4/c1-38-28(37)26(18-35(21-8-4-2-5-9-21)22-10-6-3-7-11-22)33-27(36)19-12-13-23-20(16-19)17-25(32-23)24-14-15-31-29(30)34-24;29-26(36)25(17-35(20-7-3-1-4-8-20)21-9-5-2-6-10-21)33-27(37)18-11-12-22-19(15-18)16-24(32-22)23-13-14-31-28(30)34-23;1-29-23(27)22(25-24(28)30-18-19-11-5-2-6-12-19)17-26(20-13-7-3-8-14-20)21-15-9-4-10-16-21/h2-17,26,32H,18H2,1H3,(H,33,36)(H2,30,31,34);1-16,25,32H,17H2,(H2,29,36)(H,33,37)(H2,30,31,34);2-16,22H,17-18H2,1H3,(H,25,28). The molecule has 0 aliphatic heterocycles. The van der Waals surface area contributed by atoms with E-state index in [1.807, 2.05) is 245 Å². The fourth-order valence-corrected chi connectivity index (χ4v) is 11.4. The van der Waals surface area contributed by atoms with Gasteiger partial charge in [-0.15, -0.1) is 0 Å². The van der Waals surface area contributed by atoms with Crippen LogP contribution in [0.3, 0.4) is 0 Å². The highest BCUT2D eigenvalue weighted by Crippen LogP contribution is 2.31. The summed E-state index contributed by atoms with van der Waals surface area (Å²) in [6, 6.07) is 82.2. The van der Waals surface area contributed by atoms with Gasteiger partial charge in [0, 0.05) is 79.5 Å². The molecule has 0 radical (unpaired) electrons. The number of primary amides is 1. The van der Waals surface area contributed by atoms with Crippen LogP contribution in [-0.4, -0.2) is 118 Å². The van der Waals surface area contributed by atoms with E-state index in [9.17, 15) is 28.8 Å². The lowest BCUT2D eigenvalue weighted by Crippen LogP contribution is -2.50. The molecule has 9 aromatic carbocycles. The number of carbonyl (C=O) groups is 6. The number of benzene rings is 9. The molecule has 4 heterocycles. The Labute approximate surface area is 604 Å². The molecule has 3 unspecified atom stereocenters. The van der Waals surface area contributed by atoms with Gasteiger partial charge < -0.3 is 72.0 Å². The molecule has 4 amide bonds. The number of H-pyrrole nitrogens is 2. The van der Waals surface area contributed by atoms with Crippen molar-refractivity contribution in [3.05, 3.63) is 302 Å². The third kappa shape index (κ3) is 19.4. The molecule has 13 rings (SSSR count). The lowest BCUT2D eigenvalue weighted by Gasteiger charge is -2.29. The number of anilines is 8. The number of alkyl carbamates (subject to hydrolysis) is 1. The molecule has 0 bridgehead atoms. The summed E-state index contributed by atoms with van der Waals surface area (Å²) in [7, 11) is 2.60. The Balaban J connectivity index is 0.000000159. The fourth-order valence-electron chi connectivity index (χ4n) is 11.4. The van der Waals surface area contributed by atoms with E-state index >= 15 is 0 Å². The second kappa shape index (κ2) is 35.2. The maximum absolute atomic E-state index is 13.3. The van der Waals surface area contributed by atoms with Crippen LogP contribution in [0.4, 0.5) is 50.8 Å². The maximum Gasteiger partial charge on any atom is 0.408 e. The van der Waals surface area contributed by atoms with Gasteiger partial charge in [-0.3, -0.25) is 14.4 Å². The van der Waals surface area contributed by atoms with Crippen LogP contribution in [0.2, 0.25) is 0 Å². The molecule has 24 heteroatoms. The zero-order valence-corrected chi connectivity index (χ0v) is 57.2. The number of nitrogen functional groups attached to an aromatic ring is 2. The van der Waals surface area contributed by atoms with E-state index < -0.39 is 53.9 Å². The Hall–Kier alpha value is -14.2. The van der Waals surface area contributed by atoms with Crippen molar-refractivity contribution in [1.29, 1.82) is 0 Å². The molecule has 0 spiro atoms. The van der Waals surface area contributed by atoms with Crippen LogP contribution >= 0.6 is 0 Å². The van der Waals surface area contributed by atoms with Gasteiger partial charge in [0.05, 0.1) is 56.6 Å². The highest BCUT2D eigenvalue weighted by Gasteiger charge is 2.29. The molecule has 3 atom stereocenters. The quantitative estimate of drug-likeness (QED) is 0.0206. The average molecular weight is 1400 g/mol. The minimum Gasteiger partial charge on any atom is -0.467 e. The number of methoxy groups -OCH3 is 2. The fraction of sp³-hybridized carbons (Fsp3) is 0.111. The third-order valence-corrected chi connectivity index (χ3v) is 16.6. The number of nitrogens with one attached hydrogen (secondary N) is 5. The summed E-state index contributed by atoms with van der Waals surface area (Å²) in [6.45, 7) is 0.641. The predicted molar refractivity (Wildman–Crippen MR) is 406 cm³/mol. The minimum absolute atomic E-state index is 0.113. The molecule has 24 nitrogen and oxygen atoms in total. The van der Waals surface area contributed by atoms with Gasteiger partial charge >= 0.3 is 18.0 Å². The van der Waals surface area contributed by atoms with Gasteiger partial charge in [-0.25, -0.2) is 34.3 Å². The van der Waals surface area contributed by atoms with E-state index in [1.165, 1.54) is 14.2 Å². The van der Waals surface area contributed by atoms with Gasteiger partial charge in [-0.2, -0.15) is 0 Å². The first-order valence-corrected chi connectivity index (χ1v) is 33.3. The SMILES string of the molecule is COC(=O)C(CN(c1ccccc1)c1ccccc1)NC(=O)OCc1ccccc1.COC(=O)C(CN(c1ccccc1)c1ccccc1)NC(=O)c1ccc2[nH]c(-c3ccnc(N)n3)cc2c1.NC(=O)C(CN(c1ccccc1)c1ccccc1)NC(=O)c1ccc2[nH]c(-c3ccnc(N)n3)cc2c1. The number of para-hydroxylation sites is 6. The molecule has 4 aromatic heterocycles. The molecule has 0 aliphatic carbocycles. The Morgan fingerprint density at radius 1 is 0.410 bits per heavy atom. The first-order valence-electron chi connectivity index (χ1n) is 33.3. The van der Waals surface area contributed by atoms with Crippen molar-refractivity contribution in [1.82, 2.24) is 45.9 Å². The summed E-state index contributed by atoms with van der Waals surface area (Å²) in [5.41, 5.74) is 28.6. The molecule has 0 fully saturated rings. The van der Waals surface area contributed by atoms with E-state index in [2.05, 4.69) is 45.9 Å². The smallest absolute Gasteiger partial charge is 0.408 e. The minimum atomic E-state index is -0.936. The maximum atomic E-state index is 13.3. The molecule has 0 aliphatic rings. The van der Waals surface area contributed by atoms with Gasteiger partial charge in [0.1, 0.15) is 24.7 Å². The second-order valence-corrected chi connectivity index (χ2v) is 23.7. The normalized spacial score (nSPS) is 11.5. The number of amides is 4. The van der Waals surface area contributed by atoms with Gasteiger partial charge in [0.25, 0.3) is 11.8 Å². The molecular formula is C81H75N15O9. The Morgan fingerprint density at radius 3 is 1.07 bits per heavy atom. The van der Waals surface area contributed by atoms with Gasteiger partial charge in [0.2, 0.25) is 17.8 Å². The van der Waals surface area contributed by atoms with Crippen LogP contribution in [0.15, 0.2) is 285 Å². The van der Waals surface area contributed by atoms with Crippen molar-refractivity contribution in [2.45, 2.75) is 24.7 Å². The monoisotopic (exact) mass is 1400 g/mol. The van der Waals surface area contributed by atoms with Gasteiger partial charge in [0.15, 0.2) is 0 Å². The van der Waals surface area contributed by atoms with Crippen LogP contribution in [0.25, 0.3) is 44.6 Å². The molecule has 0 saturated heterocycles. The van der Waals surface area contributed by atoms with Crippen molar-refractivity contribution in [3.8, 4) is 22.8 Å². The summed E-state index contributed by atoms with van der Waals surface area (Å²) < 4.78 is 15.2. The summed E-state index contributed by atoms with van der Waals surface area (Å²) in [5.74, 6) is -2.16. The topological polar surface area (TPSA) is 337 Å². The molecule has 105 heavy (non-hydrogen) atoms. The van der Waals surface area contributed by atoms with E-state index in [4.69, 9.17) is 31.4 Å². The zero-order chi connectivity index (χ0) is 73.4. The number of aromatic nitrogens is 6. The van der Waals surface area contributed by atoms with Crippen molar-refractivity contribution >= 4 is 104 Å². The Kier molecular flexibility index (Phi) is 24.2. The van der Waals surface area contributed by atoms with Crippen molar-refractivity contribution < 1.29 is 43.0 Å². The largest absolute Gasteiger partial charge is 0.467 e. The zero-order valence-electron chi connectivity index (χ0n) is 57.2. The van der Waals surface area contributed by atoms with Crippen LogP contribution < -0.4 is 47.9 Å². The molecular weight excluding hydrogens is 1330 g/mol. The van der Waals surface area contributed by atoms with Crippen LogP contribution in [0.5, 0.6) is 0 Å². The Bertz CT molecular complexity index is 4930. The number of rotatable bonds is 24. The van der Waals surface area contributed by atoms with E-state index in [1.54, 1.807) is 54.9 Å². The number of aromatic amines is 2. The number of esters is 2. The number of nitrogens with zero attached hydrogens (tertiary/aromatic N) is 7. The third-order valence-electron chi connectivity index (χ3n) is 16.6. The lowest BCUT2D eigenvalue weighted by molar-refractivity contribution is -0.143. The van der Waals surface area contributed by atoms with E-state index in [-0.39, 0.29) is 38.1 Å². The number of hydrogen-bond donors (Lipinski definition) is 8. The summed E-state index contributed by atoms with van der Waals surface area (Å²) >= 11 is 0. The van der Waals surface area contributed by atoms with Crippen molar-refractivity contribution in [2.24, 2.45) is 5.73 Å². The molecule has 528 valence electrons. The van der Waals surface area contributed by atoms with Gasteiger partial charge in [-0.1, -0.05) is 140 Å². The van der Waals surface area contributed by atoms with Crippen LogP contribution in [0, 0.1) is 0 Å². The Morgan fingerprint density at radius 2 is 0.733 bits per heavy atom. The van der Waals surface area contributed by atoms with E-state index in [0.29, 0.717) is 22.5 Å². The number of carbonyl (C=O) groups excluding carboxylic acids is 6. The van der Waals surface area contributed by atoms with Crippen molar-refractivity contribution in [3.63, 3.8) is 0 Å². The highest BCUT2D eigenvalue weighted by molar-refractivity contribution is 6.02. The van der Waals surface area contributed by atoms with Crippen molar-refractivity contribution in [2.75, 3.05) is 60.0 Å². The van der Waals surface area contributed by atoms with Crippen LogP contribution in [-0.2, 0) is 35.2 Å². The molecule has 13 aromatic rings.